The van der Waals surface area contributed by atoms with Crippen LogP contribution in [-0.2, 0) is 0 Å². The second-order valence-electron chi connectivity index (χ2n) is 3.67. The minimum Gasteiger partial charge on any atom is -0.377 e. The first-order valence-electron chi connectivity index (χ1n) is 4.92. The van der Waals surface area contributed by atoms with Crippen LogP contribution in [0.5, 0.6) is 0 Å². The molecule has 0 bridgehead atoms. The number of aliphatic hydroxyl groups excluding tert-OH is 1. The summed E-state index contributed by atoms with van der Waals surface area (Å²) in [7, 11) is 0. The molecule has 0 rings (SSSR count). The van der Waals surface area contributed by atoms with Crippen molar-refractivity contribution in [3.05, 3.63) is 12.2 Å². The summed E-state index contributed by atoms with van der Waals surface area (Å²) in [6.45, 7) is 5.68. The van der Waals surface area contributed by atoms with E-state index >= 15 is 0 Å². The van der Waals surface area contributed by atoms with Gasteiger partial charge in [-0.2, -0.15) is 0 Å². The standard InChI is InChI=1S/C10H22N2O/c1-9(2)6-4-3-5-7-12-8-10(11)13/h3,5,9-10,12-13H,4,6-8,11H2,1-2H3. The molecule has 0 radical (unpaired) electrons. The van der Waals surface area contributed by atoms with Crippen LogP contribution in [0.1, 0.15) is 26.7 Å². The van der Waals surface area contributed by atoms with Gasteiger partial charge in [0.1, 0.15) is 6.23 Å². The number of nitrogens with two attached hydrogens (primary N) is 1. The summed E-state index contributed by atoms with van der Waals surface area (Å²) in [5, 5.41) is 11.7. The van der Waals surface area contributed by atoms with Gasteiger partial charge in [0, 0.05) is 13.1 Å². The highest BCUT2D eigenvalue weighted by molar-refractivity contribution is 4.83. The second-order valence-corrected chi connectivity index (χ2v) is 3.67. The van der Waals surface area contributed by atoms with Crippen molar-refractivity contribution in [3.8, 4) is 0 Å². The molecule has 4 N–H and O–H groups in total. The zero-order chi connectivity index (χ0) is 10.1. The van der Waals surface area contributed by atoms with Crippen molar-refractivity contribution in [3.63, 3.8) is 0 Å². The van der Waals surface area contributed by atoms with Gasteiger partial charge >= 0.3 is 0 Å². The maximum atomic E-state index is 8.72. The van der Waals surface area contributed by atoms with Crippen molar-refractivity contribution in [2.75, 3.05) is 13.1 Å². The molecular weight excluding hydrogens is 164 g/mol. The highest BCUT2D eigenvalue weighted by atomic mass is 16.3. The second kappa shape index (κ2) is 8.23. The van der Waals surface area contributed by atoms with Gasteiger partial charge in [-0.1, -0.05) is 26.0 Å². The summed E-state index contributed by atoms with van der Waals surface area (Å²) in [6.07, 6.45) is 5.85. The molecule has 1 unspecified atom stereocenters. The number of aliphatic hydroxyl groups is 1. The molecule has 13 heavy (non-hydrogen) atoms. The molecule has 3 heteroatoms. The molecule has 0 spiro atoms. The van der Waals surface area contributed by atoms with Crippen LogP contribution in [0.2, 0.25) is 0 Å². The maximum absolute atomic E-state index is 8.72. The monoisotopic (exact) mass is 186 g/mol. The van der Waals surface area contributed by atoms with Crippen LogP contribution >= 0.6 is 0 Å². The summed E-state index contributed by atoms with van der Waals surface area (Å²) >= 11 is 0. The van der Waals surface area contributed by atoms with E-state index in [9.17, 15) is 0 Å². The fourth-order valence-electron chi connectivity index (χ4n) is 0.945. The minimum absolute atomic E-state index is 0.453. The topological polar surface area (TPSA) is 58.3 Å². The molecule has 0 saturated carbocycles. The Bertz CT molecular complexity index is 133. The van der Waals surface area contributed by atoms with Gasteiger partial charge in [-0.05, 0) is 18.8 Å². The average molecular weight is 186 g/mol. The molecule has 0 aromatic heterocycles. The third-order valence-corrected chi connectivity index (χ3v) is 1.69. The Morgan fingerprint density at radius 3 is 2.62 bits per heavy atom. The van der Waals surface area contributed by atoms with Crippen molar-refractivity contribution >= 4 is 0 Å². The minimum atomic E-state index is -0.746. The predicted molar refractivity (Wildman–Crippen MR) is 56.3 cm³/mol. The third-order valence-electron chi connectivity index (χ3n) is 1.69. The van der Waals surface area contributed by atoms with E-state index < -0.39 is 6.23 Å². The van der Waals surface area contributed by atoms with E-state index in [0.717, 1.165) is 18.9 Å². The molecule has 78 valence electrons. The first-order chi connectivity index (χ1) is 6.13. The SMILES string of the molecule is CC(C)CCC=CCNCC(N)O. The van der Waals surface area contributed by atoms with E-state index in [1.54, 1.807) is 0 Å². The van der Waals surface area contributed by atoms with E-state index in [1.807, 2.05) is 0 Å². The molecule has 0 heterocycles. The summed E-state index contributed by atoms with van der Waals surface area (Å²) < 4.78 is 0. The van der Waals surface area contributed by atoms with Crippen LogP contribution in [0.15, 0.2) is 12.2 Å². The highest BCUT2D eigenvalue weighted by Crippen LogP contribution is 2.03. The lowest BCUT2D eigenvalue weighted by atomic mass is 10.1. The third kappa shape index (κ3) is 11.6. The predicted octanol–water partition coefficient (Wildman–Crippen LogP) is 0.845. The number of rotatable bonds is 7. The van der Waals surface area contributed by atoms with E-state index in [1.165, 1.54) is 6.42 Å². The number of allylic oxidation sites excluding steroid dienone is 1. The van der Waals surface area contributed by atoms with Crippen LogP contribution in [0.25, 0.3) is 0 Å². The fourth-order valence-corrected chi connectivity index (χ4v) is 0.945. The van der Waals surface area contributed by atoms with Crippen molar-refractivity contribution in [1.82, 2.24) is 5.32 Å². The van der Waals surface area contributed by atoms with Crippen molar-refractivity contribution in [1.29, 1.82) is 0 Å². The van der Waals surface area contributed by atoms with Gasteiger partial charge in [-0.3, -0.25) is 0 Å². The molecule has 3 nitrogen and oxygen atoms in total. The fraction of sp³-hybridized carbons (Fsp3) is 0.800. The molecule has 0 aromatic carbocycles. The Kier molecular flexibility index (Phi) is 7.99. The van der Waals surface area contributed by atoms with Crippen LogP contribution < -0.4 is 11.1 Å². The number of hydrogen-bond acceptors (Lipinski definition) is 3. The Morgan fingerprint density at radius 1 is 1.38 bits per heavy atom. The molecule has 0 fully saturated rings. The molecule has 0 amide bonds. The largest absolute Gasteiger partial charge is 0.377 e. The Morgan fingerprint density at radius 2 is 2.08 bits per heavy atom. The lowest BCUT2D eigenvalue weighted by Crippen LogP contribution is -2.33. The molecule has 0 aliphatic heterocycles. The molecule has 0 aromatic rings. The molecule has 0 saturated heterocycles. The summed E-state index contributed by atoms with van der Waals surface area (Å²) in [5.74, 6) is 0.767. The first-order valence-corrected chi connectivity index (χ1v) is 4.92. The van der Waals surface area contributed by atoms with Gasteiger partial charge in [-0.15, -0.1) is 0 Å². The van der Waals surface area contributed by atoms with Crippen molar-refractivity contribution in [2.45, 2.75) is 32.9 Å². The van der Waals surface area contributed by atoms with E-state index in [2.05, 4.69) is 31.3 Å². The highest BCUT2D eigenvalue weighted by Gasteiger charge is 1.91. The smallest absolute Gasteiger partial charge is 0.115 e. The quantitative estimate of drug-likeness (QED) is 0.314. The number of nitrogens with one attached hydrogen (secondary N) is 1. The van der Waals surface area contributed by atoms with Crippen molar-refractivity contribution < 1.29 is 5.11 Å². The lowest BCUT2D eigenvalue weighted by molar-refractivity contribution is 0.180. The number of hydrogen-bond donors (Lipinski definition) is 3. The molecule has 0 aliphatic rings. The van der Waals surface area contributed by atoms with E-state index in [4.69, 9.17) is 10.8 Å². The average Bonchev–Trinajstić information content (AvgIpc) is 2.01. The Labute approximate surface area is 81.0 Å². The summed E-state index contributed by atoms with van der Waals surface area (Å²) in [5.41, 5.74) is 5.14. The summed E-state index contributed by atoms with van der Waals surface area (Å²) in [4.78, 5) is 0. The normalized spacial score (nSPS) is 14.2. The summed E-state index contributed by atoms with van der Waals surface area (Å²) in [6, 6.07) is 0. The zero-order valence-electron chi connectivity index (χ0n) is 8.66. The molecule has 0 aliphatic carbocycles. The van der Waals surface area contributed by atoms with Gasteiger partial charge in [0.2, 0.25) is 0 Å². The van der Waals surface area contributed by atoms with Gasteiger partial charge in [0.05, 0.1) is 0 Å². The Hall–Kier alpha value is -0.380. The van der Waals surface area contributed by atoms with Crippen LogP contribution in [0.3, 0.4) is 0 Å². The molecular formula is C10H22N2O. The van der Waals surface area contributed by atoms with Crippen molar-refractivity contribution in [2.24, 2.45) is 11.7 Å². The molecule has 1 atom stereocenters. The van der Waals surface area contributed by atoms with Gasteiger partial charge < -0.3 is 16.2 Å². The van der Waals surface area contributed by atoms with E-state index in [0.29, 0.717) is 6.54 Å². The van der Waals surface area contributed by atoms with Gasteiger partial charge in [0.15, 0.2) is 0 Å². The Balaban J connectivity index is 3.13. The zero-order valence-corrected chi connectivity index (χ0v) is 8.66. The van der Waals surface area contributed by atoms with Crippen LogP contribution in [0.4, 0.5) is 0 Å². The van der Waals surface area contributed by atoms with Crippen LogP contribution in [0, 0.1) is 5.92 Å². The van der Waals surface area contributed by atoms with Gasteiger partial charge in [0.25, 0.3) is 0 Å². The maximum Gasteiger partial charge on any atom is 0.115 e. The first kappa shape index (κ1) is 12.6. The van der Waals surface area contributed by atoms with Gasteiger partial charge in [-0.25, -0.2) is 0 Å². The lowest BCUT2D eigenvalue weighted by Gasteiger charge is -2.03. The van der Waals surface area contributed by atoms with E-state index in [-0.39, 0.29) is 0 Å². The van der Waals surface area contributed by atoms with Crippen LogP contribution in [-0.4, -0.2) is 24.4 Å².